The van der Waals surface area contributed by atoms with Crippen LogP contribution in [-0.2, 0) is 15.0 Å². The van der Waals surface area contributed by atoms with Crippen LogP contribution in [0.1, 0.15) is 40.5 Å². The number of fused-ring (bicyclic) bond motifs is 2. The second-order valence-corrected chi connectivity index (χ2v) is 9.41. The molecule has 6 heteroatoms. The molecule has 1 fully saturated rings. The molecule has 0 radical (unpaired) electrons. The summed E-state index contributed by atoms with van der Waals surface area (Å²) in [6, 6.07) is 21.1. The van der Waals surface area contributed by atoms with Gasteiger partial charge in [0.2, 0.25) is 11.8 Å². The molecule has 3 atom stereocenters. The molecular formula is C26H22Cl2N2O2. The largest absolute Gasteiger partial charge is 0.355 e. The molecule has 162 valence electrons. The minimum atomic E-state index is -1.00. The van der Waals surface area contributed by atoms with E-state index in [9.17, 15) is 9.59 Å². The molecule has 4 nitrogen and oxygen atoms in total. The molecule has 2 heterocycles. The lowest BCUT2D eigenvalue weighted by Crippen LogP contribution is -2.47. The average molecular weight is 465 g/mol. The van der Waals surface area contributed by atoms with Crippen LogP contribution in [-0.4, -0.2) is 18.4 Å². The maximum absolute atomic E-state index is 14.0. The molecule has 0 aromatic heterocycles. The lowest BCUT2D eigenvalue weighted by atomic mass is 9.58. The summed E-state index contributed by atoms with van der Waals surface area (Å²) in [4.78, 5) is 26.9. The molecule has 2 amide bonds. The van der Waals surface area contributed by atoms with Gasteiger partial charge in [-0.1, -0.05) is 65.7 Å². The van der Waals surface area contributed by atoms with Crippen LogP contribution in [0.25, 0.3) is 0 Å². The number of hydrogen-bond donors (Lipinski definition) is 2. The smallest absolute Gasteiger partial charge is 0.236 e. The van der Waals surface area contributed by atoms with Crippen LogP contribution in [0.15, 0.2) is 66.7 Å². The van der Waals surface area contributed by atoms with Crippen molar-refractivity contribution >= 4 is 40.7 Å². The highest BCUT2D eigenvalue weighted by molar-refractivity contribution is 6.31. The summed E-state index contributed by atoms with van der Waals surface area (Å²) in [5, 5.41) is 7.28. The van der Waals surface area contributed by atoms with Crippen LogP contribution in [0.4, 0.5) is 5.69 Å². The molecule has 1 spiro atoms. The van der Waals surface area contributed by atoms with Crippen molar-refractivity contribution in [2.45, 2.75) is 30.6 Å². The van der Waals surface area contributed by atoms with E-state index in [0.717, 1.165) is 22.3 Å². The van der Waals surface area contributed by atoms with Crippen molar-refractivity contribution in [3.8, 4) is 0 Å². The monoisotopic (exact) mass is 464 g/mol. The maximum atomic E-state index is 14.0. The van der Waals surface area contributed by atoms with E-state index in [4.69, 9.17) is 23.2 Å². The minimum absolute atomic E-state index is 0.0827. The number of anilines is 1. The SMILES string of the molecule is Cc1ccccc1[C@@H]1CNC(=O)C[C@H](c2cccc(Cl)c2)[C@@]12C(=O)Nc1cc(Cl)ccc12. The molecule has 2 aliphatic rings. The molecule has 0 unspecified atom stereocenters. The molecule has 0 bridgehead atoms. The van der Waals surface area contributed by atoms with Gasteiger partial charge in [-0.05, 0) is 53.4 Å². The van der Waals surface area contributed by atoms with E-state index in [1.165, 1.54) is 0 Å². The molecule has 0 saturated carbocycles. The van der Waals surface area contributed by atoms with Crippen molar-refractivity contribution in [3.05, 3.63) is 99.0 Å². The van der Waals surface area contributed by atoms with Crippen molar-refractivity contribution in [2.75, 3.05) is 11.9 Å². The first-order valence-corrected chi connectivity index (χ1v) is 11.4. The summed E-state index contributed by atoms with van der Waals surface area (Å²) in [5.74, 6) is -0.887. The van der Waals surface area contributed by atoms with Gasteiger partial charge in [0.25, 0.3) is 0 Å². The molecule has 1 saturated heterocycles. The fourth-order valence-corrected chi connectivity index (χ4v) is 5.87. The number of carbonyl (C=O) groups excluding carboxylic acids is 2. The molecule has 0 aliphatic carbocycles. The zero-order valence-electron chi connectivity index (χ0n) is 17.5. The van der Waals surface area contributed by atoms with Gasteiger partial charge in [-0.3, -0.25) is 9.59 Å². The van der Waals surface area contributed by atoms with Crippen LogP contribution in [0.5, 0.6) is 0 Å². The zero-order chi connectivity index (χ0) is 22.5. The van der Waals surface area contributed by atoms with Crippen molar-refractivity contribution in [2.24, 2.45) is 0 Å². The van der Waals surface area contributed by atoms with Crippen molar-refractivity contribution in [1.82, 2.24) is 5.32 Å². The Hall–Kier alpha value is -2.82. The van der Waals surface area contributed by atoms with E-state index in [-0.39, 0.29) is 24.2 Å². The van der Waals surface area contributed by atoms with Gasteiger partial charge >= 0.3 is 0 Å². The fraction of sp³-hybridized carbons (Fsp3) is 0.231. The van der Waals surface area contributed by atoms with Crippen LogP contribution < -0.4 is 10.6 Å². The summed E-state index contributed by atoms with van der Waals surface area (Å²) < 4.78 is 0. The summed E-state index contributed by atoms with van der Waals surface area (Å²) in [5.41, 5.74) is 3.54. The highest BCUT2D eigenvalue weighted by Gasteiger charge is 2.59. The van der Waals surface area contributed by atoms with Gasteiger partial charge in [0, 0.05) is 40.5 Å². The van der Waals surface area contributed by atoms with E-state index < -0.39 is 11.3 Å². The number of amides is 2. The molecule has 2 N–H and O–H groups in total. The molecule has 3 aromatic carbocycles. The Labute approximate surface area is 196 Å². The van der Waals surface area contributed by atoms with Crippen LogP contribution in [0.3, 0.4) is 0 Å². The first kappa shape index (κ1) is 21.0. The summed E-state index contributed by atoms with van der Waals surface area (Å²) in [6.07, 6.45) is 0.179. The summed E-state index contributed by atoms with van der Waals surface area (Å²) in [7, 11) is 0. The lowest BCUT2D eigenvalue weighted by molar-refractivity contribution is -0.123. The molecule has 32 heavy (non-hydrogen) atoms. The number of nitrogens with one attached hydrogen (secondary N) is 2. The molecule has 3 aromatic rings. The number of benzene rings is 3. The number of halogens is 2. The molecule has 5 rings (SSSR count). The second kappa shape index (κ2) is 7.95. The third-order valence-corrected chi connectivity index (χ3v) is 7.33. The molecule has 2 aliphatic heterocycles. The van der Waals surface area contributed by atoms with E-state index >= 15 is 0 Å². The Morgan fingerprint density at radius 2 is 1.69 bits per heavy atom. The number of rotatable bonds is 2. The summed E-state index contributed by atoms with van der Waals surface area (Å²) in [6.45, 7) is 2.40. The van der Waals surface area contributed by atoms with Gasteiger partial charge in [0.15, 0.2) is 0 Å². The second-order valence-electron chi connectivity index (χ2n) is 8.54. The highest BCUT2D eigenvalue weighted by atomic mass is 35.5. The number of carbonyl (C=O) groups is 2. The van der Waals surface area contributed by atoms with E-state index in [2.05, 4.69) is 16.7 Å². The quantitative estimate of drug-likeness (QED) is 0.519. The first-order chi connectivity index (χ1) is 15.4. The van der Waals surface area contributed by atoms with Crippen molar-refractivity contribution < 1.29 is 9.59 Å². The zero-order valence-corrected chi connectivity index (χ0v) is 19.0. The van der Waals surface area contributed by atoms with Crippen LogP contribution >= 0.6 is 23.2 Å². The van der Waals surface area contributed by atoms with Gasteiger partial charge < -0.3 is 10.6 Å². The average Bonchev–Trinajstić information content (AvgIpc) is 2.94. The van der Waals surface area contributed by atoms with E-state index in [1.54, 1.807) is 12.1 Å². The Balaban J connectivity index is 1.85. The fourth-order valence-electron chi connectivity index (χ4n) is 5.50. The normalized spacial score (nSPS) is 24.6. The Morgan fingerprint density at radius 1 is 0.906 bits per heavy atom. The van der Waals surface area contributed by atoms with E-state index in [1.807, 2.05) is 55.5 Å². The van der Waals surface area contributed by atoms with Crippen molar-refractivity contribution in [3.63, 3.8) is 0 Å². The van der Waals surface area contributed by atoms with Gasteiger partial charge in [-0.2, -0.15) is 0 Å². The Kier molecular flexibility index (Phi) is 5.23. The topological polar surface area (TPSA) is 58.2 Å². The van der Waals surface area contributed by atoms with Gasteiger partial charge in [0.05, 0.1) is 5.41 Å². The number of hydrogen-bond acceptors (Lipinski definition) is 2. The third kappa shape index (κ3) is 3.21. The Bertz CT molecular complexity index is 1240. The van der Waals surface area contributed by atoms with Gasteiger partial charge in [0.1, 0.15) is 0 Å². The lowest BCUT2D eigenvalue weighted by Gasteiger charge is -2.41. The minimum Gasteiger partial charge on any atom is -0.355 e. The maximum Gasteiger partial charge on any atom is 0.236 e. The van der Waals surface area contributed by atoms with Crippen LogP contribution in [0, 0.1) is 6.92 Å². The third-order valence-electron chi connectivity index (χ3n) is 6.86. The molecular weight excluding hydrogens is 443 g/mol. The Morgan fingerprint density at radius 3 is 2.47 bits per heavy atom. The first-order valence-electron chi connectivity index (χ1n) is 10.6. The predicted molar refractivity (Wildman–Crippen MR) is 127 cm³/mol. The number of aryl methyl sites for hydroxylation is 1. The predicted octanol–water partition coefficient (Wildman–Crippen LogP) is 5.58. The van der Waals surface area contributed by atoms with Crippen molar-refractivity contribution in [1.29, 1.82) is 0 Å². The van der Waals surface area contributed by atoms with Gasteiger partial charge in [-0.25, -0.2) is 0 Å². The van der Waals surface area contributed by atoms with E-state index in [0.29, 0.717) is 22.3 Å². The summed E-state index contributed by atoms with van der Waals surface area (Å²) >= 11 is 12.6. The van der Waals surface area contributed by atoms with Gasteiger partial charge in [-0.15, -0.1) is 0 Å². The standard InChI is InChI=1S/C26H22Cl2N2O2/c1-15-5-2-3-8-19(15)22-14-29-24(31)13-21(16-6-4-7-17(27)11-16)26(22)20-10-9-18(28)12-23(20)30-25(26)32/h2-12,21-22H,13-14H2,1H3,(H,29,31)(H,30,32)/t21-,22+,26-/m1/s1. The van der Waals surface area contributed by atoms with Crippen LogP contribution in [0.2, 0.25) is 10.0 Å². The highest BCUT2D eigenvalue weighted by Crippen LogP contribution is 2.57.